The van der Waals surface area contributed by atoms with Crippen LogP contribution >= 0.6 is 11.3 Å². The summed E-state index contributed by atoms with van der Waals surface area (Å²) in [6, 6.07) is 91.5. The van der Waals surface area contributed by atoms with Crippen molar-refractivity contribution >= 4 is 91.7 Å². The standard InChI is InChI=1S/C64H41NS/c1-3-16-45(17-4-1)62-57-23-10-9-21-53(57)54-39-34-47(41-59(54)63(62)46-18-5-2-6-19-46)42-29-35-48(36-30-42)65(60-27-14-25-52-50-20-8-7-15-43(50)33-40-55(52)60)49-37-31-44(32-38-49)51-24-13-26-58-56-22-11-12-28-61(56)66-64(51)58/h1-41H. The number of benzene rings is 12. The van der Waals surface area contributed by atoms with Crippen molar-refractivity contribution in [2.75, 3.05) is 4.90 Å². The number of hydrogen-bond acceptors (Lipinski definition) is 2. The molecule has 2 heteroatoms. The molecule has 1 aromatic heterocycles. The van der Waals surface area contributed by atoms with E-state index in [-0.39, 0.29) is 0 Å². The molecule has 0 aliphatic heterocycles. The zero-order valence-corrected chi connectivity index (χ0v) is 36.8. The minimum Gasteiger partial charge on any atom is -0.310 e. The van der Waals surface area contributed by atoms with Gasteiger partial charge in [0, 0.05) is 36.9 Å². The molecular formula is C64H41NS. The largest absolute Gasteiger partial charge is 0.310 e. The third-order valence-electron chi connectivity index (χ3n) is 13.5. The molecule has 13 rings (SSSR count). The molecule has 0 aliphatic rings. The lowest BCUT2D eigenvalue weighted by Gasteiger charge is -2.27. The van der Waals surface area contributed by atoms with Gasteiger partial charge in [-0.3, -0.25) is 0 Å². The highest BCUT2D eigenvalue weighted by atomic mass is 32.1. The molecule has 0 fully saturated rings. The second kappa shape index (κ2) is 15.7. The molecule has 0 bridgehead atoms. The predicted molar refractivity (Wildman–Crippen MR) is 286 cm³/mol. The van der Waals surface area contributed by atoms with Crippen molar-refractivity contribution in [3.8, 4) is 44.5 Å². The number of anilines is 3. The number of fused-ring (bicyclic) bond motifs is 9. The van der Waals surface area contributed by atoms with Crippen molar-refractivity contribution in [2.45, 2.75) is 0 Å². The van der Waals surface area contributed by atoms with Crippen LogP contribution in [0.2, 0.25) is 0 Å². The quantitative estimate of drug-likeness (QED) is 0.144. The summed E-state index contributed by atoms with van der Waals surface area (Å²) in [5, 5.41) is 12.6. The van der Waals surface area contributed by atoms with Crippen molar-refractivity contribution in [1.29, 1.82) is 0 Å². The number of nitrogens with zero attached hydrogens (tertiary/aromatic N) is 1. The first-order valence-corrected chi connectivity index (χ1v) is 23.5. The molecule has 0 unspecified atom stereocenters. The molecule has 1 heterocycles. The Hall–Kier alpha value is -8.30. The summed E-state index contributed by atoms with van der Waals surface area (Å²) in [7, 11) is 0. The summed E-state index contributed by atoms with van der Waals surface area (Å²) in [4.78, 5) is 2.43. The normalized spacial score (nSPS) is 11.6. The Morgan fingerprint density at radius 3 is 1.53 bits per heavy atom. The number of rotatable bonds is 7. The second-order valence-electron chi connectivity index (χ2n) is 17.2. The third kappa shape index (κ3) is 6.30. The van der Waals surface area contributed by atoms with Gasteiger partial charge < -0.3 is 4.90 Å². The van der Waals surface area contributed by atoms with E-state index in [2.05, 4.69) is 254 Å². The maximum Gasteiger partial charge on any atom is 0.0540 e. The summed E-state index contributed by atoms with van der Waals surface area (Å²) >= 11 is 1.88. The molecule has 12 aromatic carbocycles. The minimum atomic E-state index is 1.10. The minimum absolute atomic E-state index is 1.10. The van der Waals surface area contributed by atoms with Crippen LogP contribution in [0.1, 0.15) is 0 Å². The molecule has 66 heavy (non-hydrogen) atoms. The van der Waals surface area contributed by atoms with Crippen LogP contribution in [0.15, 0.2) is 249 Å². The third-order valence-corrected chi connectivity index (χ3v) is 14.7. The van der Waals surface area contributed by atoms with Crippen molar-refractivity contribution in [3.05, 3.63) is 249 Å². The van der Waals surface area contributed by atoms with E-state index in [1.54, 1.807) is 0 Å². The Morgan fingerprint density at radius 1 is 0.273 bits per heavy atom. The highest BCUT2D eigenvalue weighted by molar-refractivity contribution is 7.26. The fourth-order valence-corrected chi connectivity index (χ4v) is 11.6. The van der Waals surface area contributed by atoms with Crippen molar-refractivity contribution < 1.29 is 0 Å². The van der Waals surface area contributed by atoms with E-state index < -0.39 is 0 Å². The van der Waals surface area contributed by atoms with E-state index in [4.69, 9.17) is 0 Å². The first kappa shape index (κ1) is 38.2. The Labute approximate surface area is 387 Å². The molecule has 0 aliphatic carbocycles. The maximum atomic E-state index is 2.43. The van der Waals surface area contributed by atoms with Crippen LogP contribution in [0.3, 0.4) is 0 Å². The molecule has 0 atom stereocenters. The van der Waals surface area contributed by atoms with Crippen molar-refractivity contribution in [1.82, 2.24) is 0 Å². The monoisotopic (exact) mass is 855 g/mol. The first-order valence-electron chi connectivity index (χ1n) is 22.7. The lowest BCUT2D eigenvalue weighted by molar-refractivity contribution is 1.30. The second-order valence-corrected chi connectivity index (χ2v) is 18.2. The molecule has 0 spiro atoms. The number of hydrogen-bond donors (Lipinski definition) is 0. The molecule has 308 valence electrons. The van der Waals surface area contributed by atoms with Crippen LogP contribution in [0.4, 0.5) is 17.1 Å². The average Bonchev–Trinajstić information content (AvgIpc) is 3.78. The van der Waals surface area contributed by atoms with Crippen molar-refractivity contribution in [3.63, 3.8) is 0 Å². The van der Waals surface area contributed by atoms with Gasteiger partial charge in [-0.15, -0.1) is 11.3 Å². The maximum absolute atomic E-state index is 2.43. The Balaban J connectivity index is 0.963. The van der Waals surface area contributed by atoms with E-state index >= 15 is 0 Å². The Kier molecular flexibility index (Phi) is 9.11. The van der Waals surface area contributed by atoms with Crippen LogP contribution in [0.5, 0.6) is 0 Å². The Morgan fingerprint density at radius 2 is 0.788 bits per heavy atom. The molecular weight excluding hydrogens is 815 g/mol. The van der Waals surface area contributed by atoms with Crippen molar-refractivity contribution in [2.24, 2.45) is 0 Å². The van der Waals surface area contributed by atoms with E-state index in [0.717, 1.165) is 17.1 Å². The van der Waals surface area contributed by atoms with Gasteiger partial charge in [-0.2, -0.15) is 0 Å². The molecule has 0 amide bonds. The lowest BCUT2D eigenvalue weighted by atomic mass is 9.84. The van der Waals surface area contributed by atoms with E-state index in [9.17, 15) is 0 Å². The molecule has 0 N–H and O–H groups in total. The SMILES string of the molecule is c1ccc(-c2c(-c3ccccc3)c3cc(-c4ccc(N(c5ccc(-c6cccc7c6sc6ccccc67)cc5)c5cccc6c5ccc5ccccc56)cc4)ccc3c3ccccc23)cc1. The zero-order chi connectivity index (χ0) is 43.6. The average molecular weight is 856 g/mol. The van der Waals surface area contributed by atoms with Gasteiger partial charge in [0.05, 0.1) is 5.69 Å². The fourth-order valence-electron chi connectivity index (χ4n) is 10.4. The van der Waals surface area contributed by atoms with Crippen LogP contribution in [0, 0.1) is 0 Å². The van der Waals surface area contributed by atoms with Gasteiger partial charge in [-0.1, -0.05) is 206 Å². The van der Waals surface area contributed by atoms with Gasteiger partial charge in [0.15, 0.2) is 0 Å². The summed E-state index contributed by atoms with van der Waals surface area (Å²) in [6.45, 7) is 0. The topological polar surface area (TPSA) is 3.24 Å². The predicted octanol–water partition coefficient (Wildman–Crippen LogP) is 18.8. The summed E-state index contributed by atoms with van der Waals surface area (Å²) in [5.41, 5.74) is 13.1. The summed E-state index contributed by atoms with van der Waals surface area (Å²) in [6.07, 6.45) is 0. The van der Waals surface area contributed by atoms with Gasteiger partial charge in [-0.25, -0.2) is 0 Å². The highest BCUT2D eigenvalue weighted by Crippen LogP contribution is 2.47. The molecule has 13 aromatic rings. The van der Waals surface area contributed by atoms with E-state index in [0.29, 0.717) is 0 Å². The number of thiophene rings is 1. The smallest absolute Gasteiger partial charge is 0.0540 e. The van der Waals surface area contributed by atoms with Gasteiger partial charge in [0.25, 0.3) is 0 Å². The fraction of sp³-hybridized carbons (Fsp3) is 0. The van der Waals surface area contributed by atoms with Gasteiger partial charge in [0.1, 0.15) is 0 Å². The van der Waals surface area contributed by atoms with Gasteiger partial charge in [0.2, 0.25) is 0 Å². The first-order chi connectivity index (χ1) is 32.7. The lowest BCUT2D eigenvalue weighted by Crippen LogP contribution is -2.10. The Bertz CT molecular complexity index is 3960. The van der Waals surface area contributed by atoms with Gasteiger partial charge >= 0.3 is 0 Å². The summed E-state index contributed by atoms with van der Waals surface area (Å²) in [5.74, 6) is 0. The molecule has 0 radical (unpaired) electrons. The highest BCUT2D eigenvalue weighted by Gasteiger charge is 2.20. The van der Waals surface area contributed by atoms with Crippen LogP contribution in [-0.4, -0.2) is 0 Å². The van der Waals surface area contributed by atoms with E-state index in [1.165, 1.54) is 108 Å². The van der Waals surface area contributed by atoms with Crippen LogP contribution in [-0.2, 0) is 0 Å². The van der Waals surface area contributed by atoms with E-state index in [1.807, 2.05) is 11.3 Å². The molecule has 0 saturated carbocycles. The zero-order valence-electron chi connectivity index (χ0n) is 36.0. The van der Waals surface area contributed by atoms with Crippen LogP contribution < -0.4 is 4.90 Å². The van der Waals surface area contributed by atoms with Crippen LogP contribution in [0.25, 0.3) is 108 Å². The molecule has 0 saturated heterocycles. The van der Waals surface area contributed by atoms with Gasteiger partial charge in [-0.05, 0) is 125 Å². The molecule has 1 nitrogen and oxygen atoms in total. The summed E-state index contributed by atoms with van der Waals surface area (Å²) < 4.78 is 2.65.